The summed E-state index contributed by atoms with van der Waals surface area (Å²) in [6.45, 7) is 0. The summed E-state index contributed by atoms with van der Waals surface area (Å²) in [5.41, 5.74) is -0.587. The number of rotatable bonds is 2. The van der Waals surface area contributed by atoms with Gasteiger partial charge in [-0.3, -0.25) is 10.1 Å². The Balaban J connectivity index is 3.17. The summed E-state index contributed by atoms with van der Waals surface area (Å²) in [7, 11) is -5.01. The van der Waals surface area contributed by atoms with Crippen LogP contribution in [0.25, 0.3) is 0 Å². The molecule has 0 aliphatic heterocycles. The van der Waals surface area contributed by atoms with Crippen molar-refractivity contribution in [2.24, 2.45) is 0 Å². The van der Waals surface area contributed by atoms with E-state index in [-0.39, 0.29) is 4.09 Å². The van der Waals surface area contributed by atoms with E-state index in [1.54, 1.807) is 0 Å². The minimum absolute atomic E-state index is 0.120. The summed E-state index contributed by atoms with van der Waals surface area (Å²) in [5.74, 6) is 0. The van der Waals surface area contributed by atoms with Crippen LogP contribution >= 0.6 is 0 Å². The van der Waals surface area contributed by atoms with Crippen LogP contribution in [0.5, 0.6) is 0 Å². The average molecular weight is 195 g/mol. The highest BCUT2D eigenvalue weighted by Crippen LogP contribution is 2.09. The van der Waals surface area contributed by atoms with Crippen molar-refractivity contribution in [1.29, 1.82) is 0 Å². The molecule has 0 fully saturated rings. The SMILES string of the molecule is O=[N+]([O-])c1cnn(S(=O)(=O)F)c1. The lowest BCUT2D eigenvalue weighted by atomic mass is 10.6. The second kappa shape index (κ2) is 2.52. The van der Waals surface area contributed by atoms with Gasteiger partial charge in [0.1, 0.15) is 12.4 Å². The molecule has 1 heterocycles. The van der Waals surface area contributed by atoms with Crippen LogP contribution in [0.2, 0.25) is 0 Å². The Hall–Kier alpha value is -1.51. The van der Waals surface area contributed by atoms with E-state index in [1.807, 2.05) is 0 Å². The van der Waals surface area contributed by atoms with E-state index in [0.29, 0.717) is 12.4 Å². The molecule has 7 nitrogen and oxygen atoms in total. The van der Waals surface area contributed by atoms with Crippen LogP contribution < -0.4 is 0 Å². The number of aromatic nitrogens is 2. The summed E-state index contributed by atoms with van der Waals surface area (Å²) in [6.07, 6.45) is 1.10. The van der Waals surface area contributed by atoms with E-state index >= 15 is 0 Å². The van der Waals surface area contributed by atoms with Crippen LogP contribution in [0.1, 0.15) is 0 Å². The molecule has 1 aromatic heterocycles. The zero-order valence-electron chi connectivity index (χ0n) is 5.42. The highest BCUT2D eigenvalue weighted by atomic mass is 32.3. The molecule has 0 saturated heterocycles. The Morgan fingerprint density at radius 1 is 1.67 bits per heavy atom. The van der Waals surface area contributed by atoms with E-state index in [1.165, 1.54) is 0 Å². The molecule has 0 aliphatic carbocycles. The Labute approximate surface area is 65.9 Å². The van der Waals surface area contributed by atoms with Crippen LogP contribution in [0, 0.1) is 10.1 Å². The first kappa shape index (κ1) is 8.59. The average Bonchev–Trinajstić information content (AvgIpc) is 2.30. The third kappa shape index (κ3) is 1.56. The van der Waals surface area contributed by atoms with Gasteiger partial charge in [0, 0.05) is 0 Å². The third-order valence-corrected chi connectivity index (χ3v) is 1.63. The lowest BCUT2D eigenvalue weighted by Crippen LogP contribution is -2.05. The van der Waals surface area contributed by atoms with E-state index in [2.05, 4.69) is 5.10 Å². The number of halogens is 1. The summed E-state index contributed by atoms with van der Waals surface area (Å²) in [5, 5.41) is 12.9. The first-order valence-electron chi connectivity index (χ1n) is 2.55. The van der Waals surface area contributed by atoms with Crippen molar-refractivity contribution in [2.75, 3.05) is 0 Å². The van der Waals surface area contributed by atoms with Crippen molar-refractivity contribution in [2.45, 2.75) is 0 Å². The molecule has 1 rings (SSSR count). The van der Waals surface area contributed by atoms with E-state index in [9.17, 15) is 22.4 Å². The Morgan fingerprint density at radius 2 is 2.25 bits per heavy atom. The molecule has 0 radical (unpaired) electrons. The lowest BCUT2D eigenvalue weighted by Gasteiger charge is -1.87. The highest BCUT2D eigenvalue weighted by molar-refractivity contribution is 7.84. The predicted molar refractivity (Wildman–Crippen MR) is 34.3 cm³/mol. The summed E-state index contributed by atoms with van der Waals surface area (Å²) >= 11 is 0. The van der Waals surface area contributed by atoms with Gasteiger partial charge in [-0.25, -0.2) is 0 Å². The Bertz CT molecular complexity index is 409. The number of nitro groups is 1. The second-order valence-corrected chi connectivity index (χ2v) is 2.97. The molecular weight excluding hydrogens is 193 g/mol. The number of hydrogen-bond donors (Lipinski definition) is 0. The number of hydrogen-bond acceptors (Lipinski definition) is 5. The standard InChI is InChI=1S/C3H2FN3O4S/c4-12(10,11)6-2-3(1-5-6)7(8)9/h1-2H. The van der Waals surface area contributed by atoms with Crippen LogP contribution in [0.3, 0.4) is 0 Å². The molecular formula is C3H2FN3O4S. The quantitative estimate of drug-likeness (QED) is 0.371. The topological polar surface area (TPSA) is 95.1 Å². The maximum Gasteiger partial charge on any atom is 0.418 e. The minimum Gasteiger partial charge on any atom is -0.258 e. The summed E-state index contributed by atoms with van der Waals surface area (Å²) in [6, 6.07) is 0. The third-order valence-electron chi connectivity index (χ3n) is 0.981. The van der Waals surface area contributed by atoms with Gasteiger partial charge in [-0.15, -0.1) is 4.09 Å². The van der Waals surface area contributed by atoms with E-state index in [4.69, 9.17) is 0 Å². The van der Waals surface area contributed by atoms with Gasteiger partial charge in [-0.2, -0.15) is 13.5 Å². The molecule has 1 aromatic rings. The summed E-state index contributed by atoms with van der Waals surface area (Å²) < 4.78 is 32.1. The van der Waals surface area contributed by atoms with Crippen LogP contribution in [-0.4, -0.2) is 22.5 Å². The van der Waals surface area contributed by atoms with Crippen LogP contribution in [0.15, 0.2) is 12.4 Å². The first-order valence-corrected chi connectivity index (χ1v) is 3.89. The van der Waals surface area contributed by atoms with Crippen molar-refractivity contribution in [3.05, 3.63) is 22.5 Å². The molecule has 0 saturated carbocycles. The molecule has 0 amide bonds. The zero-order valence-corrected chi connectivity index (χ0v) is 6.23. The molecule has 9 heteroatoms. The predicted octanol–water partition coefficient (Wildman–Crippen LogP) is -0.146. The fourth-order valence-corrected chi connectivity index (χ4v) is 0.903. The minimum atomic E-state index is -5.01. The fraction of sp³-hybridized carbons (Fsp3) is 0. The molecule has 0 unspecified atom stereocenters. The van der Waals surface area contributed by atoms with Gasteiger partial charge in [0.2, 0.25) is 0 Å². The summed E-state index contributed by atoms with van der Waals surface area (Å²) in [4.78, 5) is 9.10. The van der Waals surface area contributed by atoms with Gasteiger partial charge >= 0.3 is 16.1 Å². The van der Waals surface area contributed by atoms with Gasteiger partial charge in [0.05, 0.1) is 4.92 Å². The zero-order chi connectivity index (χ0) is 9.35. The maximum atomic E-state index is 12.0. The van der Waals surface area contributed by atoms with Gasteiger partial charge in [-0.05, 0) is 0 Å². The van der Waals surface area contributed by atoms with Crippen molar-refractivity contribution >= 4 is 16.1 Å². The van der Waals surface area contributed by atoms with Gasteiger partial charge < -0.3 is 0 Å². The molecule has 0 atom stereocenters. The smallest absolute Gasteiger partial charge is 0.258 e. The van der Waals surface area contributed by atoms with Gasteiger partial charge in [-0.1, -0.05) is 3.89 Å². The van der Waals surface area contributed by atoms with Crippen molar-refractivity contribution < 1.29 is 17.2 Å². The Morgan fingerprint density at radius 3 is 2.50 bits per heavy atom. The largest absolute Gasteiger partial charge is 0.418 e. The molecule has 0 spiro atoms. The van der Waals surface area contributed by atoms with E-state index < -0.39 is 21.0 Å². The van der Waals surface area contributed by atoms with Crippen molar-refractivity contribution in [3.63, 3.8) is 0 Å². The van der Waals surface area contributed by atoms with Crippen molar-refractivity contribution in [3.8, 4) is 0 Å². The molecule has 0 aromatic carbocycles. The maximum absolute atomic E-state index is 12.0. The monoisotopic (exact) mass is 195 g/mol. The van der Waals surface area contributed by atoms with Crippen molar-refractivity contribution in [1.82, 2.24) is 9.19 Å². The van der Waals surface area contributed by atoms with Gasteiger partial charge in [0.25, 0.3) is 0 Å². The Kier molecular flexibility index (Phi) is 1.80. The first-order chi connectivity index (χ1) is 5.41. The molecule has 0 bridgehead atoms. The van der Waals surface area contributed by atoms with Gasteiger partial charge in [0.15, 0.2) is 0 Å². The normalized spacial score (nSPS) is 11.4. The molecule has 12 heavy (non-hydrogen) atoms. The molecule has 66 valence electrons. The number of nitrogens with zero attached hydrogens (tertiary/aromatic N) is 3. The molecule has 0 N–H and O–H groups in total. The van der Waals surface area contributed by atoms with Crippen LogP contribution in [-0.2, 0) is 10.4 Å². The lowest BCUT2D eigenvalue weighted by molar-refractivity contribution is -0.384. The van der Waals surface area contributed by atoms with Crippen LogP contribution in [0.4, 0.5) is 9.57 Å². The highest BCUT2D eigenvalue weighted by Gasteiger charge is 2.16. The second-order valence-electron chi connectivity index (χ2n) is 1.77. The van der Waals surface area contributed by atoms with E-state index in [0.717, 1.165) is 0 Å². The fourth-order valence-electron chi connectivity index (χ4n) is 0.509. The molecule has 0 aliphatic rings.